The molecule has 0 saturated carbocycles. The number of hydrogen-bond acceptors (Lipinski definition) is 8. The first-order valence-corrected chi connectivity index (χ1v) is 12.7. The summed E-state index contributed by atoms with van der Waals surface area (Å²) >= 11 is 0. The predicted molar refractivity (Wildman–Crippen MR) is 123 cm³/mol. The molecule has 0 bridgehead atoms. The van der Waals surface area contributed by atoms with Gasteiger partial charge in [0.15, 0.2) is 5.79 Å². The van der Waals surface area contributed by atoms with Crippen LogP contribution in [0.25, 0.3) is 0 Å². The molecule has 0 aromatic heterocycles. The van der Waals surface area contributed by atoms with E-state index in [0.717, 1.165) is 24.7 Å². The molecule has 0 radical (unpaired) electrons. The van der Waals surface area contributed by atoms with Gasteiger partial charge in [0.05, 0.1) is 49.3 Å². The van der Waals surface area contributed by atoms with E-state index in [-0.39, 0.29) is 48.7 Å². The van der Waals surface area contributed by atoms with Crippen LogP contribution >= 0.6 is 0 Å². The molecule has 0 spiro atoms. The Hall–Kier alpha value is -1.32. The summed E-state index contributed by atoms with van der Waals surface area (Å²) in [6, 6.07) is 0. The highest BCUT2D eigenvalue weighted by atomic mass is 16.7. The first kappa shape index (κ1) is 25.8. The Labute approximate surface area is 202 Å². The van der Waals surface area contributed by atoms with Crippen molar-refractivity contribution in [3.63, 3.8) is 0 Å². The van der Waals surface area contributed by atoms with Gasteiger partial charge in [-0.05, 0) is 44.6 Å². The summed E-state index contributed by atoms with van der Waals surface area (Å²) in [7, 11) is 0. The molecule has 34 heavy (non-hydrogen) atoms. The molecule has 4 aliphatic rings. The lowest BCUT2D eigenvalue weighted by molar-refractivity contribution is -0.284. The molecule has 4 heterocycles. The predicted octanol–water partition coefficient (Wildman–Crippen LogP) is 3.49. The van der Waals surface area contributed by atoms with E-state index >= 15 is 0 Å². The molecule has 192 valence electrons. The monoisotopic (exact) mass is 480 g/mol. The van der Waals surface area contributed by atoms with Crippen molar-refractivity contribution < 1.29 is 38.0 Å². The highest BCUT2D eigenvalue weighted by Crippen LogP contribution is 2.40. The molecule has 8 heteroatoms. The molecular weight excluding hydrogens is 440 g/mol. The Kier molecular flexibility index (Phi) is 8.14. The van der Waals surface area contributed by atoms with Crippen LogP contribution < -0.4 is 0 Å². The van der Waals surface area contributed by atoms with Gasteiger partial charge in [0.2, 0.25) is 0 Å². The number of aldehydes is 1. The fourth-order valence-electron chi connectivity index (χ4n) is 5.81. The average molecular weight is 481 g/mol. The van der Waals surface area contributed by atoms with Crippen molar-refractivity contribution >= 4 is 12.3 Å². The van der Waals surface area contributed by atoms with Crippen LogP contribution in [0.1, 0.15) is 72.6 Å². The highest BCUT2D eigenvalue weighted by Gasteiger charge is 2.49. The summed E-state index contributed by atoms with van der Waals surface area (Å²) in [4.78, 5) is 22.8. The average Bonchev–Trinajstić information content (AvgIpc) is 2.90. The molecule has 0 aliphatic carbocycles. The van der Waals surface area contributed by atoms with Crippen LogP contribution in [-0.4, -0.2) is 73.5 Å². The SMILES string of the molecule is C=C1C(C[C@@H]2O[C@H]3C[C@H]4OC(C)(C)OCC[C@H]4O[C@H]3C[C@H]2OC(C)=O)O[C@@H](CCC=O)C[C@H]1C. The fourth-order valence-corrected chi connectivity index (χ4v) is 5.81. The summed E-state index contributed by atoms with van der Waals surface area (Å²) in [5, 5.41) is 0. The third-order valence-electron chi connectivity index (χ3n) is 7.55. The maximum absolute atomic E-state index is 11.9. The fraction of sp³-hybridized carbons (Fsp3) is 0.846. The lowest BCUT2D eigenvalue weighted by Gasteiger charge is -2.48. The molecule has 1 unspecified atom stereocenters. The topological polar surface area (TPSA) is 89.5 Å². The molecule has 4 fully saturated rings. The zero-order valence-corrected chi connectivity index (χ0v) is 20.9. The van der Waals surface area contributed by atoms with Gasteiger partial charge in [0.1, 0.15) is 12.4 Å². The first-order chi connectivity index (χ1) is 16.1. The third kappa shape index (κ3) is 6.08. The van der Waals surface area contributed by atoms with E-state index in [4.69, 9.17) is 28.4 Å². The summed E-state index contributed by atoms with van der Waals surface area (Å²) in [5.74, 6) is -0.705. The second kappa shape index (κ2) is 10.7. The Balaban J connectivity index is 1.47. The summed E-state index contributed by atoms with van der Waals surface area (Å²) in [6.45, 7) is 12.3. The van der Waals surface area contributed by atoms with E-state index in [0.29, 0.717) is 44.6 Å². The Morgan fingerprint density at radius 1 is 1.12 bits per heavy atom. The number of esters is 1. The van der Waals surface area contributed by atoms with Crippen LogP contribution in [0.4, 0.5) is 0 Å². The molecule has 0 N–H and O–H groups in total. The summed E-state index contributed by atoms with van der Waals surface area (Å²) in [5.41, 5.74) is 1.03. The van der Waals surface area contributed by atoms with Gasteiger partial charge in [0, 0.05) is 32.6 Å². The molecule has 8 nitrogen and oxygen atoms in total. The van der Waals surface area contributed by atoms with E-state index in [1.54, 1.807) is 0 Å². The van der Waals surface area contributed by atoms with Crippen LogP contribution in [0.5, 0.6) is 0 Å². The van der Waals surface area contributed by atoms with Crippen LogP contribution in [0, 0.1) is 5.92 Å². The van der Waals surface area contributed by atoms with Gasteiger partial charge >= 0.3 is 5.97 Å². The van der Waals surface area contributed by atoms with E-state index in [1.807, 2.05) is 13.8 Å². The molecule has 0 aromatic carbocycles. The number of hydrogen-bond donors (Lipinski definition) is 0. The van der Waals surface area contributed by atoms with E-state index in [1.165, 1.54) is 6.92 Å². The molecular formula is C26H40O8. The second-order valence-electron chi connectivity index (χ2n) is 10.7. The highest BCUT2D eigenvalue weighted by molar-refractivity contribution is 5.66. The number of rotatable bonds is 6. The van der Waals surface area contributed by atoms with Crippen LogP contribution in [0.2, 0.25) is 0 Å². The standard InChI is InChI=1S/C26H40O8/c1-15-11-18(7-6-9-27)31-20(16(15)2)12-22-21(30-17(3)28)13-23-24(33-22)14-25-19(32-23)8-10-29-26(4,5)34-25/h9,15,18-25H,2,6-8,10-14H2,1,3-5H3/t15-,18+,19-,20?,21-,22+,23+,24+,25-/m1/s1. The number of carbonyl (C=O) groups excluding carboxylic acids is 2. The number of fused-ring (bicyclic) bond motifs is 2. The molecule has 9 atom stereocenters. The van der Waals surface area contributed by atoms with Gasteiger partial charge in [-0.15, -0.1) is 0 Å². The number of carbonyl (C=O) groups is 2. The van der Waals surface area contributed by atoms with Gasteiger partial charge < -0.3 is 33.2 Å². The van der Waals surface area contributed by atoms with Crippen LogP contribution in [0.15, 0.2) is 12.2 Å². The first-order valence-electron chi connectivity index (χ1n) is 12.7. The van der Waals surface area contributed by atoms with Crippen molar-refractivity contribution in [3.8, 4) is 0 Å². The Morgan fingerprint density at radius 3 is 2.62 bits per heavy atom. The lowest BCUT2D eigenvalue weighted by atomic mass is 9.83. The van der Waals surface area contributed by atoms with Crippen molar-refractivity contribution in [1.29, 1.82) is 0 Å². The maximum Gasteiger partial charge on any atom is 0.302 e. The van der Waals surface area contributed by atoms with Crippen molar-refractivity contribution in [3.05, 3.63) is 12.2 Å². The van der Waals surface area contributed by atoms with Gasteiger partial charge in [0.25, 0.3) is 0 Å². The van der Waals surface area contributed by atoms with Gasteiger partial charge in [-0.1, -0.05) is 13.5 Å². The van der Waals surface area contributed by atoms with Crippen LogP contribution in [0.3, 0.4) is 0 Å². The van der Waals surface area contributed by atoms with Crippen molar-refractivity contribution in [1.82, 2.24) is 0 Å². The minimum absolute atomic E-state index is 0.0135. The van der Waals surface area contributed by atoms with Crippen molar-refractivity contribution in [2.24, 2.45) is 5.92 Å². The third-order valence-corrected chi connectivity index (χ3v) is 7.55. The normalized spacial score (nSPS) is 42.1. The van der Waals surface area contributed by atoms with Crippen molar-refractivity contribution in [2.75, 3.05) is 6.61 Å². The molecule has 0 aromatic rings. The maximum atomic E-state index is 11.9. The lowest BCUT2D eigenvalue weighted by Crippen LogP contribution is -2.58. The summed E-state index contributed by atoms with van der Waals surface area (Å²) in [6.07, 6.45) is 4.11. The van der Waals surface area contributed by atoms with E-state index in [9.17, 15) is 9.59 Å². The van der Waals surface area contributed by atoms with Gasteiger partial charge in [-0.3, -0.25) is 4.79 Å². The van der Waals surface area contributed by atoms with E-state index in [2.05, 4.69) is 13.5 Å². The zero-order chi connectivity index (χ0) is 24.5. The minimum atomic E-state index is -0.662. The zero-order valence-electron chi connectivity index (χ0n) is 20.9. The largest absolute Gasteiger partial charge is 0.460 e. The Morgan fingerprint density at radius 2 is 1.88 bits per heavy atom. The molecule has 0 amide bonds. The quantitative estimate of drug-likeness (QED) is 0.324. The second-order valence-corrected chi connectivity index (χ2v) is 10.7. The molecule has 4 aliphatic heterocycles. The number of ether oxygens (including phenoxy) is 6. The van der Waals surface area contributed by atoms with Crippen molar-refractivity contribution in [2.45, 2.75) is 127 Å². The smallest absolute Gasteiger partial charge is 0.302 e. The van der Waals surface area contributed by atoms with Gasteiger partial charge in [-0.2, -0.15) is 0 Å². The molecule has 4 saturated heterocycles. The van der Waals surface area contributed by atoms with Crippen LogP contribution in [-0.2, 0) is 38.0 Å². The Bertz CT molecular complexity index is 751. The summed E-state index contributed by atoms with van der Waals surface area (Å²) < 4.78 is 37.1. The van der Waals surface area contributed by atoms with Gasteiger partial charge in [-0.25, -0.2) is 0 Å². The minimum Gasteiger partial charge on any atom is -0.460 e. The van der Waals surface area contributed by atoms with E-state index < -0.39 is 11.9 Å². The molecule has 4 rings (SSSR count).